The molecule has 6 heterocycles. The highest BCUT2D eigenvalue weighted by Gasteiger charge is 2.26. The van der Waals surface area contributed by atoms with Crippen molar-refractivity contribution in [2.75, 3.05) is 13.2 Å². The molecule has 0 aliphatic carbocycles. The van der Waals surface area contributed by atoms with Crippen molar-refractivity contribution in [1.82, 2.24) is 34.7 Å². The molecule has 14 nitrogen and oxygen atoms in total. The number of hydrogen-bond acceptors (Lipinski definition) is 12. The van der Waals surface area contributed by atoms with Crippen LogP contribution in [0.25, 0.3) is 16.9 Å². The molecular formula is C40H44N8O6. The van der Waals surface area contributed by atoms with Crippen molar-refractivity contribution in [1.29, 1.82) is 0 Å². The average molecular weight is 733 g/mol. The van der Waals surface area contributed by atoms with Gasteiger partial charge in [0.25, 0.3) is 5.56 Å². The SMILES string of the molecule is CCOC(=O)C(C(C)=O)c1cccnc1.CCOC(=O)Cc1cccnc1.Cc1[nH]n(-c2ccccn2)c(=O)c1-c1cccnc1.NCc1ccccn1. The maximum absolute atomic E-state index is 12.5. The van der Waals surface area contributed by atoms with Gasteiger partial charge < -0.3 is 15.2 Å². The number of nitrogens with one attached hydrogen (secondary N) is 1. The Kier molecular flexibility index (Phi) is 17.8. The van der Waals surface area contributed by atoms with Crippen LogP contribution < -0.4 is 11.3 Å². The van der Waals surface area contributed by atoms with Gasteiger partial charge in [-0.15, -0.1) is 0 Å². The molecule has 0 aliphatic heterocycles. The van der Waals surface area contributed by atoms with E-state index in [1.807, 2.05) is 55.5 Å². The summed E-state index contributed by atoms with van der Waals surface area (Å²) in [6, 6.07) is 21.8. The minimum absolute atomic E-state index is 0.121. The van der Waals surface area contributed by atoms with Crippen LogP contribution in [0.5, 0.6) is 0 Å². The molecular weight excluding hydrogens is 688 g/mol. The lowest BCUT2D eigenvalue weighted by molar-refractivity contribution is -0.147. The Hall–Kier alpha value is -6.67. The molecule has 3 N–H and O–H groups in total. The Labute approximate surface area is 313 Å². The van der Waals surface area contributed by atoms with E-state index in [0.29, 0.717) is 36.5 Å². The summed E-state index contributed by atoms with van der Waals surface area (Å²) in [5.41, 5.74) is 9.78. The van der Waals surface area contributed by atoms with Crippen LogP contribution in [-0.2, 0) is 36.8 Å². The Morgan fingerprint density at radius 2 is 1.43 bits per heavy atom. The summed E-state index contributed by atoms with van der Waals surface area (Å²) in [6.07, 6.45) is 13.5. The van der Waals surface area contributed by atoms with Gasteiger partial charge >= 0.3 is 11.9 Å². The summed E-state index contributed by atoms with van der Waals surface area (Å²) in [7, 11) is 0. The Morgan fingerprint density at radius 3 is 1.93 bits per heavy atom. The first-order valence-corrected chi connectivity index (χ1v) is 17.0. The van der Waals surface area contributed by atoms with Gasteiger partial charge in [0.1, 0.15) is 11.7 Å². The molecule has 0 aliphatic rings. The summed E-state index contributed by atoms with van der Waals surface area (Å²) < 4.78 is 11.1. The van der Waals surface area contributed by atoms with Gasteiger partial charge in [0.2, 0.25) is 0 Å². The molecule has 0 aromatic carbocycles. The summed E-state index contributed by atoms with van der Waals surface area (Å²) in [5.74, 6) is -1.23. The second kappa shape index (κ2) is 23.0. The third-order valence-corrected chi connectivity index (χ3v) is 7.16. The fourth-order valence-electron chi connectivity index (χ4n) is 4.75. The van der Waals surface area contributed by atoms with Gasteiger partial charge in [0, 0.05) is 67.4 Å². The fraction of sp³-hybridized carbons (Fsp3) is 0.225. The van der Waals surface area contributed by atoms with Crippen molar-refractivity contribution in [2.24, 2.45) is 5.73 Å². The van der Waals surface area contributed by atoms with E-state index in [0.717, 1.165) is 22.5 Å². The predicted octanol–water partition coefficient (Wildman–Crippen LogP) is 4.98. The van der Waals surface area contributed by atoms with E-state index in [2.05, 4.69) is 30.0 Å². The van der Waals surface area contributed by atoms with Crippen molar-refractivity contribution in [3.05, 3.63) is 155 Å². The van der Waals surface area contributed by atoms with E-state index in [9.17, 15) is 19.2 Å². The highest BCUT2D eigenvalue weighted by Crippen LogP contribution is 2.18. The highest BCUT2D eigenvalue weighted by atomic mass is 16.5. The molecule has 6 aromatic rings. The van der Waals surface area contributed by atoms with E-state index in [-0.39, 0.29) is 23.9 Å². The van der Waals surface area contributed by atoms with Crippen molar-refractivity contribution in [3.8, 4) is 16.9 Å². The average Bonchev–Trinajstić information content (AvgIpc) is 3.50. The normalized spacial score (nSPS) is 10.5. The molecule has 0 saturated heterocycles. The molecule has 1 atom stereocenters. The molecule has 0 saturated carbocycles. The molecule has 14 heteroatoms. The van der Waals surface area contributed by atoms with Crippen molar-refractivity contribution >= 4 is 17.7 Å². The van der Waals surface area contributed by atoms with E-state index in [4.69, 9.17) is 15.2 Å². The molecule has 1 unspecified atom stereocenters. The first kappa shape index (κ1) is 41.7. The zero-order valence-corrected chi connectivity index (χ0v) is 30.7. The topological polar surface area (TPSA) is 198 Å². The number of Topliss-reactive ketones (excluding diaryl/α,β-unsaturated/α-hetero) is 1. The smallest absolute Gasteiger partial charge is 0.321 e. The zero-order valence-electron chi connectivity index (χ0n) is 30.7. The number of ether oxygens (including phenoxy) is 2. The first-order chi connectivity index (χ1) is 26.2. The highest BCUT2D eigenvalue weighted by molar-refractivity contribution is 6.03. The van der Waals surface area contributed by atoms with E-state index < -0.39 is 11.9 Å². The lowest BCUT2D eigenvalue weighted by Crippen LogP contribution is -2.22. The minimum Gasteiger partial charge on any atom is -0.466 e. The molecule has 280 valence electrons. The van der Waals surface area contributed by atoms with Crippen LogP contribution in [0.1, 0.15) is 49.2 Å². The maximum atomic E-state index is 12.5. The molecule has 6 aromatic heterocycles. The molecule has 6 rings (SSSR count). The molecule has 0 fully saturated rings. The molecule has 0 spiro atoms. The number of aryl methyl sites for hydroxylation is 1. The molecule has 54 heavy (non-hydrogen) atoms. The van der Waals surface area contributed by atoms with Crippen molar-refractivity contribution < 1.29 is 23.9 Å². The standard InChI is InChI=1S/C14H12N4O.C11H13NO3.C9H11NO2.C6H8N2/c1-10-13(11-5-4-7-15-9-11)14(19)18(17-10)12-6-2-3-8-16-12;1-3-15-11(14)10(8(2)13)9-5-4-6-12-7-9;1-2-12-9(11)6-8-4-3-5-10-7-8;7-5-6-3-1-2-4-8-6/h2-9,17H,1H3;4-7,10H,3H2,1-2H3;3-5,7H,2,6H2,1H3;1-4H,5,7H2. The van der Waals surface area contributed by atoms with Gasteiger partial charge in [-0.2, -0.15) is 0 Å². The van der Waals surface area contributed by atoms with Gasteiger partial charge in [-0.3, -0.25) is 44.2 Å². The first-order valence-electron chi connectivity index (χ1n) is 17.0. The van der Waals surface area contributed by atoms with Crippen molar-refractivity contribution in [3.63, 3.8) is 0 Å². The van der Waals surface area contributed by atoms with E-state index in [1.54, 1.807) is 81.5 Å². The zero-order chi connectivity index (χ0) is 39.1. The number of aromatic nitrogens is 7. The fourth-order valence-corrected chi connectivity index (χ4v) is 4.75. The van der Waals surface area contributed by atoms with Crippen LogP contribution in [0.2, 0.25) is 0 Å². The predicted molar refractivity (Wildman–Crippen MR) is 203 cm³/mol. The molecule has 0 amide bonds. The van der Waals surface area contributed by atoms with Gasteiger partial charge in [0.05, 0.1) is 30.9 Å². The summed E-state index contributed by atoms with van der Waals surface area (Å²) in [6.45, 7) is 7.96. The minimum atomic E-state index is -0.848. The van der Waals surface area contributed by atoms with Gasteiger partial charge in [0.15, 0.2) is 5.82 Å². The summed E-state index contributed by atoms with van der Waals surface area (Å²) in [5, 5.41) is 3.04. The van der Waals surface area contributed by atoms with Gasteiger partial charge in [-0.05, 0) is 81.3 Å². The third-order valence-electron chi connectivity index (χ3n) is 7.16. The van der Waals surface area contributed by atoms with Crippen LogP contribution in [0.3, 0.4) is 0 Å². The second-order valence-electron chi connectivity index (χ2n) is 11.1. The Morgan fingerprint density at radius 1 is 0.778 bits per heavy atom. The number of carbonyl (C=O) groups is 3. The number of hydrogen-bond donors (Lipinski definition) is 2. The maximum Gasteiger partial charge on any atom is 0.321 e. The Balaban J connectivity index is 0.000000202. The number of carbonyl (C=O) groups excluding carboxylic acids is 3. The number of rotatable bonds is 10. The number of aromatic amines is 1. The van der Waals surface area contributed by atoms with Crippen LogP contribution in [0, 0.1) is 6.92 Å². The number of H-pyrrole nitrogens is 1. The molecule has 0 radical (unpaired) electrons. The Bertz CT molecular complexity index is 2040. The number of nitrogens with zero attached hydrogens (tertiary/aromatic N) is 6. The van der Waals surface area contributed by atoms with Gasteiger partial charge in [-0.25, -0.2) is 9.67 Å². The van der Waals surface area contributed by atoms with Crippen LogP contribution in [-0.4, -0.2) is 65.6 Å². The van der Waals surface area contributed by atoms with Crippen LogP contribution in [0.15, 0.2) is 127 Å². The van der Waals surface area contributed by atoms with Crippen molar-refractivity contribution in [2.45, 2.75) is 46.6 Å². The largest absolute Gasteiger partial charge is 0.466 e. The summed E-state index contributed by atoms with van der Waals surface area (Å²) in [4.78, 5) is 66.2. The quantitative estimate of drug-likeness (QED) is 0.142. The number of esters is 2. The second-order valence-corrected chi connectivity index (χ2v) is 11.1. The monoisotopic (exact) mass is 732 g/mol. The number of nitrogens with two attached hydrogens (primary N) is 1. The third kappa shape index (κ3) is 13.5. The number of pyridine rings is 5. The lowest BCUT2D eigenvalue weighted by Gasteiger charge is -2.11. The van der Waals surface area contributed by atoms with E-state index in [1.165, 1.54) is 17.8 Å². The van der Waals surface area contributed by atoms with Gasteiger partial charge in [-0.1, -0.05) is 30.3 Å². The summed E-state index contributed by atoms with van der Waals surface area (Å²) >= 11 is 0. The number of ketones is 1. The van der Waals surface area contributed by atoms with Crippen LogP contribution in [0.4, 0.5) is 0 Å². The molecule has 0 bridgehead atoms. The lowest BCUT2D eigenvalue weighted by atomic mass is 9.97. The van der Waals surface area contributed by atoms with Crippen LogP contribution >= 0.6 is 0 Å². The van der Waals surface area contributed by atoms with E-state index >= 15 is 0 Å².